The van der Waals surface area contributed by atoms with E-state index < -0.39 is 10.0 Å². The van der Waals surface area contributed by atoms with E-state index in [1.54, 1.807) is 31.4 Å². The lowest BCUT2D eigenvalue weighted by Gasteiger charge is -2.31. The Balaban J connectivity index is 1.35. The quantitative estimate of drug-likeness (QED) is 0.638. The molecule has 0 radical (unpaired) electrons. The van der Waals surface area contributed by atoms with Gasteiger partial charge in [0.2, 0.25) is 15.9 Å². The molecule has 32 heavy (non-hydrogen) atoms. The number of ether oxygens (including phenoxy) is 1. The molecule has 1 N–H and O–H groups in total. The molecule has 1 fully saturated rings. The van der Waals surface area contributed by atoms with Gasteiger partial charge >= 0.3 is 0 Å². The molecule has 5 rings (SSSR count). The van der Waals surface area contributed by atoms with Crippen LogP contribution in [0.5, 0.6) is 5.75 Å². The SMILES string of the molecule is COc1ccc(S(=O)(=O)N2CCC[C@@H](C(=O)Nc3ccc4c5c(cccc35)CC4)C2)cc1. The van der Waals surface area contributed by atoms with Crippen LogP contribution in [0.25, 0.3) is 10.8 Å². The van der Waals surface area contributed by atoms with Gasteiger partial charge in [0.25, 0.3) is 0 Å². The number of methoxy groups -OCH3 is 1. The molecule has 2 aliphatic rings. The molecule has 0 bridgehead atoms. The van der Waals surface area contributed by atoms with Gasteiger partial charge in [-0.25, -0.2) is 8.42 Å². The van der Waals surface area contributed by atoms with Crippen LogP contribution in [0.3, 0.4) is 0 Å². The van der Waals surface area contributed by atoms with Crippen molar-refractivity contribution in [3.63, 3.8) is 0 Å². The first-order valence-electron chi connectivity index (χ1n) is 11.0. The minimum absolute atomic E-state index is 0.127. The summed E-state index contributed by atoms with van der Waals surface area (Å²) in [5.74, 6) is 0.0864. The molecule has 1 aliphatic carbocycles. The number of aryl methyl sites for hydroxylation is 2. The fourth-order valence-corrected chi connectivity index (χ4v) is 6.39. The molecule has 166 valence electrons. The molecule has 1 aliphatic heterocycles. The van der Waals surface area contributed by atoms with Crippen molar-refractivity contribution in [1.82, 2.24) is 4.31 Å². The number of sulfonamides is 1. The molecule has 0 spiro atoms. The summed E-state index contributed by atoms with van der Waals surface area (Å²) < 4.78 is 32.8. The third kappa shape index (κ3) is 3.65. The van der Waals surface area contributed by atoms with E-state index in [1.165, 1.54) is 20.8 Å². The van der Waals surface area contributed by atoms with Crippen LogP contribution in [0, 0.1) is 5.92 Å². The van der Waals surface area contributed by atoms with Crippen LogP contribution >= 0.6 is 0 Å². The summed E-state index contributed by atoms with van der Waals surface area (Å²) in [6.45, 7) is 0.598. The predicted octanol–water partition coefficient (Wildman–Crippen LogP) is 3.99. The van der Waals surface area contributed by atoms with Crippen molar-refractivity contribution in [1.29, 1.82) is 0 Å². The Morgan fingerprint density at radius 3 is 2.53 bits per heavy atom. The number of nitrogens with one attached hydrogen (secondary N) is 1. The van der Waals surface area contributed by atoms with Gasteiger partial charge in [-0.1, -0.05) is 24.3 Å². The van der Waals surface area contributed by atoms with Crippen molar-refractivity contribution < 1.29 is 17.9 Å². The van der Waals surface area contributed by atoms with Crippen LogP contribution in [0.1, 0.15) is 24.0 Å². The number of nitrogens with zero attached hydrogens (tertiary/aromatic N) is 1. The van der Waals surface area contributed by atoms with E-state index in [0.717, 1.165) is 23.9 Å². The number of carbonyl (C=O) groups excluding carboxylic acids is 1. The predicted molar refractivity (Wildman–Crippen MR) is 124 cm³/mol. The van der Waals surface area contributed by atoms with Crippen LogP contribution in [0.2, 0.25) is 0 Å². The van der Waals surface area contributed by atoms with Crippen LogP contribution in [0.4, 0.5) is 5.69 Å². The molecule has 3 aromatic carbocycles. The van der Waals surface area contributed by atoms with E-state index in [0.29, 0.717) is 25.1 Å². The smallest absolute Gasteiger partial charge is 0.243 e. The van der Waals surface area contributed by atoms with Crippen molar-refractivity contribution in [2.75, 3.05) is 25.5 Å². The first kappa shape index (κ1) is 21.0. The number of piperidine rings is 1. The average molecular weight is 451 g/mol. The molecule has 1 atom stereocenters. The van der Waals surface area contributed by atoms with Crippen LogP contribution in [-0.4, -0.2) is 38.8 Å². The van der Waals surface area contributed by atoms with Gasteiger partial charge < -0.3 is 10.1 Å². The van der Waals surface area contributed by atoms with Gasteiger partial charge in [0.15, 0.2) is 0 Å². The molecule has 0 saturated carbocycles. The fourth-order valence-electron chi connectivity index (χ4n) is 4.86. The van der Waals surface area contributed by atoms with Crippen molar-refractivity contribution in [3.8, 4) is 5.75 Å². The minimum atomic E-state index is -3.67. The Kier molecular flexibility index (Phi) is 5.39. The Morgan fingerprint density at radius 2 is 1.78 bits per heavy atom. The highest BCUT2D eigenvalue weighted by Gasteiger charge is 2.33. The van der Waals surface area contributed by atoms with Gasteiger partial charge in [0.1, 0.15) is 5.75 Å². The Morgan fingerprint density at radius 1 is 1.03 bits per heavy atom. The maximum atomic E-state index is 13.1. The highest BCUT2D eigenvalue weighted by Crippen LogP contribution is 2.35. The Labute approximate surface area is 188 Å². The molecular formula is C25H26N2O4S. The highest BCUT2D eigenvalue weighted by atomic mass is 32.2. The number of amides is 1. The zero-order chi connectivity index (χ0) is 22.3. The van der Waals surface area contributed by atoms with Crippen molar-refractivity contribution >= 4 is 32.4 Å². The summed E-state index contributed by atoms with van der Waals surface area (Å²) in [5, 5.41) is 5.39. The summed E-state index contributed by atoms with van der Waals surface area (Å²) in [6.07, 6.45) is 3.38. The standard InChI is InChI=1S/C25H26N2O4S/c1-31-20-10-12-21(13-11-20)32(29,30)27-15-3-5-19(16-27)25(28)26-23-14-9-18-8-7-17-4-2-6-22(23)24(17)18/h2,4,6,9-14,19H,3,5,7-8,15-16H2,1H3,(H,26,28)/t19-/m1/s1. The van der Waals surface area contributed by atoms with Gasteiger partial charge in [-0.15, -0.1) is 0 Å². The maximum absolute atomic E-state index is 13.1. The van der Waals surface area contributed by atoms with Gasteiger partial charge in [-0.3, -0.25) is 4.79 Å². The van der Waals surface area contributed by atoms with E-state index in [4.69, 9.17) is 4.74 Å². The molecule has 1 amide bonds. The second kappa shape index (κ2) is 8.22. The van der Waals surface area contributed by atoms with Gasteiger partial charge in [0, 0.05) is 24.2 Å². The molecular weight excluding hydrogens is 424 g/mol. The van der Waals surface area contributed by atoms with E-state index in [1.807, 2.05) is 18.2 Å². The van der Waals surface area contributed by atoms with Crippen LogP contribution in [0.15, 0.2) is 59.5 Å². The Hall–Kier alpha value is -2.90. The third-order valence-corrected chi connectivity index (χ3v) is 8.47. The zero-order valence-corrected chi connectivity index (χ0v) is 18.8. The van der Waals surface area contributed by atoms with Gasteiger partial charge in [-0.05, 0) is 72.5 Å². The fraction of sp³-hybridized carbons (Fsp3) is 0.320. The van der Waals surface area contributed by atoms with Crippen LogP contribution < -0.4 is 10.1 Å². The first-order valence-corrected chi connectivity index (χ1v) is 12.4. The number of hydrogen-bond donors (Lipinski definition) is 1. The molecule has 0 aromatic heterocycles. The summed E-state index contributed by atoms with van der Waals surface area (Å²) in [7, 11) is -2.13. The molecule has 3 aromatic rings. The summed E-state index contributed by atoms with van der Waals surface area (Å²) in [4.78, 5) is 13.4. The number of carbonyl (C=O) groups is 1. The number of rotatable bonds is 5. The zero-order valence-electron chi connectivity index (χ0n) is 18.0. The maximum Gasteiger partial charge on any atom is 0.243 e. The van der Waals surface area contributed by atoms with Crippen molar-refractivity contribution in [2.45, 2.75) is 30.6 Å². The van der Waals surface area contributed by atoms with Gasteiger partial charge in [0.05, 0.1) is 17.9 Å². The largest absolute Gasteiger partial charge is 0.497 e. The van der Waals surface area contributed by atoms with Crippen molar-refractivity contribution in [3.05, 3.63) is 65.7 Å². The lowest BCUT2D eigenvalue weighted by atomic mass is 9.98. The second-order valence-corrected chi connectivity index (χ2v) is 10.4. The van der Waals surface area contributed by atoms with E-state index in [2.05, 4.69) is 17.4 Å². The molecule has 7 heteroatoms. The summed E-state index contributed by atoms with van der Waals surface area (Å²) in [6, 6.07) is 16.7. The van der Waals surface area contributed by atoms with Crippen LogP contribution in [-0.2, 0) is 27.7 Å². The molecule has 1 heterocycles. The minimum Gasteiger partial charge on any atom is -0.497 e. The number of benzene rings is 3. The number of anilines is 1. The third-order valence-electron chi connectivity index (χ3n) is 6.59. The van der Waals surface area contributed by atoms with E-state index >= 15 is 0 Å². The number of hydrogen-bond acceptors (Lipinski definition) is 4. The normalized spacial score (nSPS) is 18.6. The highest BCUT2D eigenvalue weighted by molar-refractivity contribution is 7.89. The first-order chi connectivity index (χ1) is 15.5. The lowest BCUT2D eigenvalue weighted by molar-refractivity contribution is -0.120. The molecule has 6 nitrogen and oxygen atoms in total. The molecule has 0 unspecified atom stereocenters. The second-order valence-electron chi connectivity index (χ2n) is 8.48. The lowest BCUT2D eigenvalue weighted by Crippen LogP contribution is -2.43. The van der Waals surface area contributed by atoms with E-state index in [-0.39, 0.29) is 23.3 Å². The van der Waals surface area contributed by atoms with Crippen molar-refractivity contribution in [2.24, 2.45) is 5.92 Å². The van der Waals surface area contributed by atoms with E-state index in [9.17, 15) is 13.2 Å². The summed E-state index contributed by atoms with van der Waals surface area (Å²) >= 11 is 0. The average Bonchev–Trinajstić information content (AvgIpc) is 3.25. The molecule has 1 saturated heterocycles. The monoisotopic (exact) mass is 450 g/mol. The Bertz CT molecular complexity index is 1280. The summed E-state index contributed by atoms with van der Waals surface area (Å²) in [5.41, 5.74) is 3.44. The van der Waals surface area contributed by atoms with Gasteiger partial charge in [-0.2, -0.15) is 4.31 Å². The topological polar surface area (TPSA) is 75.7 Å².